The van der Waals surface area contributed by atoms with Crippen molar-refractivity contribution in [2.24, 2.45) is 0 Å². The van der Waals surface area contributed by atoms with Crippen molar-refractivity contribution >= 4 is 16.8 Å². The fourth-order valence-corrected chi connectivity index (χ4v) is 5.59. The van der Waals surface area contributed by atoms with E-state index in [1.165, 1.54) is 12.3 Å². The Labute approximate surface area is 221 Å². The Morgan fingerprint density at radius 2 is 1.72 bits per heavy atom. The van der Waals surface area contributed by atoms with Crippen LogP contribution in [0, 0.1) is 23.3 Å². The number of para-hydroxylation sites is 1. The van der Waals surface area contributed by atoms with E-state index in [0.29, 0.717) is 67.4 Å². The lowest BCUT2D eigenvalue weighted by molar-refractivity contribution is 0.0840. The molecule has 1 atom stereocenters. The predicted molar refractivity (Wildman–Crippen MR) is 137 cm³/mol. The van der Waals surface area contributed by atoms with Crippen LogP contribution in [-0.2, 0) is 4.74 Å². The van der Waals surface area contributed by atoms with E-state index in [2.05, 4.69) is 10.3 Å². The highest BCUT2D eigenvalue weighted by atomic mass is 19.2. The lowest BCUT2D eigenvalue weighted by Gasteiger charge is -2.29. The van der Waals surface area contributed by atoms with Gasteiger partial charge in [-0.15, -0.1) is 0 Å². The first-order valence-electron chi connectivity index (χ1n) is 12.8. The first kappa shape index (κ1) is 25.3. The third-order valence-electron chi connectivity index (χ3n) is 7.43. The number of rotatable bonds is 4. The summed E-state index contributed by atoms with van der Waals surface area (Å²) >= 11 is 0. The highest BCUT2D eigenvalue weighted by molar-refractivity contribution is 6.04. The van der Waals surface area contributed by atoms with E-state index >= 15 is 4.39 Å². The number of pyridine rings is 1. The van der Waals surface area contributed by atoms with E-state index in [-0.39, 0.29) is 28.9 Å². The Bertz CT molecular complexity index is 1590. The summed E-state index contributed by atoms with van der Waals surface area (Å²) in [6, 6.07) is 11.0. The maximum absolute atomic E-state index is 15.2. The van der Waals surface area contributed by atoms with Crippen LogP contribution < -0.4 is 10.1 Å². The van der Waals surface area contributed by atoms with Crippen molar-refractivity contribution < 1.29 is 31.8 Å². The molecule has 2 aliphatic rings. The molecule has 0 aliphatic carbocycles. The van der Waals surface area contributed by atoms with Crippen molar-refractivity contribution in [3.05, 3.63) is 94.7 Å². The van der Waals surface area contributed by atoms with Gasteiger partial charge < -0.3 is 14.8 Å². The van der Waals surface area contributed by atoms with E-state index in [9.17, 15) is 18.0 Å². The lowest BCUT2D eigenvalue weighted by Crippen LogP contribution is -2.33. The molecular weight excluding hydrogens is 512 g/mol. The molecule has 0 saturated carbocycles. The molecule has 1 amide bonds. The van der Waals surface area contributed by atoms with Gasteiger partial charge in [0.25, 0.3) is 5.91 Å². The van der Waals surface area contributed by atoms with Gasteiger partial charge in [0.15, 0.2) is 11.6 Å². The summed E-state index contributed by atoms with van der Waals surface area (Å²) < 4.78 is 69.4. The fraction of sp³-hybridized carbons (Fsp3) is 0.267. The maximum atomic E-state index is 15.2. The van der Waals surface area contributed by atoms with Gasteiger partial charge in [0.05, 0.1) is 23.7 Å². The van der Waals surface area contributed by atoms with Gasteiger partial charge in [-0.3, -0.25) is 9.78 Å². The lowest BCUT2D eigenvalue weighted by atomic mass is 9.84. The van der Waals surface area contributed by atoms with E-state index in [1.54, 1.807) is 0 Å². The quantitative estimate of drug-likeness (QED) is 0.236. The van der Waals surface area contributed by atoms with Gasteiger partial charge in [-0.05, 0) is 48.6 Å². The third kappa shape index (κ3) is 4.61. The van der Waals surface area contributed by atoms with Gasteiger partial charge in [-0.25, -0.2) is 17.6 Å². The molecule has 1 aromatic heterocycles. The molecule has 0 unspecified atom stereocenters. The van der Waals surface area contributed by atoms with Gasteiger partial charge in [0.1, 0.15) is 17.4 Å². The zero-order valence-electron chi connectivity index (χ0n) is 20.8. The number of fused-ring (bicyclic) bond motifs is 2. The van der Waals surface area contributed by atoms with Crippen LogP contribution >= 0.6 is 0 Å². The number of amides is 1. The SMILES string of the molecule is O=C(N[C@H]1CCOc2ccccc21)c1cnc2c(-c3cc(F)cc(F)c3F)c(F)ccc2c1C1CCOCC1. The van der Waals surface area contributed by atoms with Crippen molar-refractivity contribution in [3.8, 4) is 16.9 Å². The Hall–Kier alpha value is -3.98. The van der Waals surface area contributed by atoms with Gasteiger partial charge in [-0.1, -0.05) is 18.2 Å². The van der Waals surface area contributed by atoms with Crippen LogP contribution in [0.15, 0.2) is 54.7 Å². The van der Waals surface area contributed by atoms with Gasteiger partial charge >= 0.3 is 0 Å². The minimum atomic E-state index is -1.43. The highest BCUT2D eigenvalue weighted by Crippen LogP contribution is 2.40. The topological polar surface area (TPSA) is 60.5 Å². The standard InChI is InChI=1S/C30H24F4N2O3/c31-17-13-20(28(34)23(33)14-17)27-22(32)6-5-19-26(16-7-10-38-11-8-16)21(15-35-29(19)27)30(37)36-24-9-12-39-25-4-2-1-3-18(24)25/h1-6,13-16,24H,7-12H2,(H,36,37)/t24-/m0/s1. The number of hydrogen-bond acceptors (Lipinski definition) is 4. The summed E-state index contributed by atoms with van der Waals surface area (Å²) in [5.74, 6) is -4.51. The molecule has 3 aromatic carbocycles. The van der Waals surface area contributed by atoms with Crippen molar-refractivity contribution in [1.29, 1.82) is 0 Å². The Morgan fingerprint density at radius 3 is 2.54 bits per heavy atom. The molecule has 0 bridgehead atoms. The molecule has 2 aliphatic heterocycles. The Morgan fingerprint density at radius 1 is 0.923 bits per heavy atom. The monoisotopic (exact) mass is 536 g/mol. The molecule has 3 heterocycles. The van der Waals surface area contributed by atoms with E-state index in [1.807, 2.05) is 24.3 Å². The summed E-state index contributed by atoms with van der Waals surface area (Å²) in [7, 11) is 0. The summed E-state index contributed by atoms with van der Waals surface area (Å²) in [6.07, 6.45) is 3.13. The normalized spacial score (nSPS) is 17.5. The summed E-state index contributed by atoms with van der Waals surface area (Å²) in [4.78, 5) is 18.1. The number of aromatic nitrogens is 1. The average Bonchev–Trinajstić information content (AvgIpc) is 2.95. The van der Waals surface area contributed by atoms with Crippen molar-refractivity contribution in [1.82, 2.24) is 10.3 Å². The number of hydrogen-bond donors (Lipinski definition) is 1. The van der Waals surface area contributed by atoms with E-state index in [0.717, 1.165) is 17.7 Å². The molecule has 9 heteroatoms. The number of halogens is 4. The largest absolute Gasteiger partial charge is 0.493 e. The van der Waals surface area contributed by atoms with Crippen LogP contribution in [0.4, 0.5) is 17.6 Å². The second-order valence-corrected chi connectivity index (χ2v) is 9.74. The Kier molecular flexibility index (Phi) is 6.68. The summed E-state index contributed by atoms with van der Waals surface area (Å²) in [5.41, 5.74) is 0.889. The van der Waals surface area contributed by atoms with Crippen LogP contribution in [0.3, 0.4) is 0 Å². The second kappa shape index (κ2) is 10.3. The summed E-state index contributed by atoms with van der Waals surface area (Å²) in [6.45, 7) is 1.39. The predicted octanol–water partition coefficient (Wildman–Crippen LogP) is 6.61. The molecule has 1 fully saturated rings. The van der Waals surface area contributed by atoms with Gasteiger partial charge in [-0.2, -0.15) is 0 Å². The van der Waals surface area contributed by atoms with Crippen LogP contribution in [-0.4, -0.2) is 30.7 Å². The van der Waals surface area contributed by atoms with Crippen LogP contribution in [0.5, 0.6) is 5.75 Å². The first-order valence-corrected chi connectivity index (χ1v) is 12.8. The number of benzene rings is 3. The summed E-state index contributed by atoms with van der Waals surface area (Å²) in [5, 5.41) is 3.51. The molecule has 5 nitrogen and oxygen atoms in total. The zero-order valence-corrected chi connectivity index (χ0v) is 20.8. The van der Waals surface area contributed by atoms with Crippen LogP contribution in [0.25, 0.3) is 22.0 Å². The number of nitrogens with zero attached hydrogens (tertiary/aromatic N) is 1. The van der Waals surface area contributed by atoms with Gasteiger partial charge in [0, 0.05) is 54.0 Å². The molecule has 1 N–H and O–H groups in total. The fourth-order valence-electron chi connectivity index (χ4n) is 5.59. The van der Waals surface area contributed by atoms with Gasteiger partial charge in [0.2, 0.25) is 0 Å². The maximum Gasteiger partial charge on any atom is 0.253 e. The van der Waals surface area contributed by atoms with Crippen LogP contribution in [0.2, 0.25) is 0 Å². The number of ether oxygens (including phenoxy) is 2. The van der Waals surface area contributed by atoms with E-state index in [4.69, 9.17) is 9.47 Å². The Balaban J connectivity index is 1.50. The number of carbonyl (C=O) groups is 1. The number of nitrogens with one attached hydrogen (secondary N) is 1. The molecular formula is C30H24F4N2O3. The second-order valence-electron chi connectivity index (χ2n) is 9.74. The third-order valence-corrected chi connectivity index (χ3v) is 7.43. The average molecular weight is 537 g/mol. The minimum absolute atomic E-state index is 0.0216. The van der Waals surface area contributed by atoms with Crippen LogP contribution in [0.1, 0.15) is 52.7 Å². The zero-order chi connectivity index (χ0) is 27.1. The minimum Gasteiger partial charge on any atom is -0.493 e. The van der Waals surface area contributed by atoms with Crippen molar-refractivity contribution in [2.45, 2.75) is 31.2 Å². The molecule has 0 spiro atoms. The number of carbonyl (C=O) groups excluding carboxylic acids is 1. The molecule has 1 saturated heterocycles. The first-order chi connectivity index (χ1) is 18.9. The van der Waals surface area contributed by atoms with Crippen molar-refractivity contribution in [2.75, 3.05) is 19.8 Å². The molecule has 39 heavy (non-hydrogen) atoms. The molecule has 200 valence electrons. The molecule has 6 rings (SSSR count). The van der Waals surface area contributed by atoms with Crippen molar-refractivity contribution in [3.63, 3.8) is 0 Å². The smallest absolute Gasteiger partial charge is 0.253 e. The van der Waals surface area contributed by atoms with E-state index < -0.39 is 28.8 Å². The highest BCUT2D eigenvalue weighted by Gasteiger charge is 2.30. The molecule has 4 aromatic rings. The molecule has 0 radical (unpaired) electrons.